The van der Waals surface area contributed by atoms with Crippen LogP contribution in [0.2, 0.25) is 0 Å². The summed E-state index contributed by atoms with van der Waals surface area (Å²) >= 11 is 0. The van der Waals surface area contributed by atoms with Crippen molar-refractivity contribution in [3.05, 3.63) is 12.7 Å². The third-order valence-corrected chi connectivity index (χ3v) is 1.08. The Bertz CT molecular complexity index is 164. The Morgan fingerprint density at radius 2 is 2.33 bits per heavy atom. The van der Waals surface area contributed by atoms with Crippen molar-refractivity contribution in [1.29, 1.82) is 0 Å². The van der Waals surface area contributed by atoms with E-state index in [1.807, 2.05) is 0 Å². The molecule has 0 bridgehead atoms. The molecule has 0 amide bonds. The van der Waals surface area contributed by atoms with Crippen molar-refractivity contribution in [1.82, 2.24) is 0 Å². The third-order valence-electron chi connectivity index (χ3n) is 1.08. The van der Waals surface area contributed by atoms with Crippen LogP contribution in [0.4, 0.5) is 0 Å². The molecule has 0 saturated carbocycles. The zero-order valence-corrected chi connectivity index (χ0v) is 6.99. The minimum atomic E-state index is -0.489. The third kappa shape index (κ3) is 5.61. The van der Waals surface area contributed by atoms with Gasteiger partial charge in [-0.2, -0.15) is 0 Å². The number of carbonyl (C=O) groups is 2. The molecule has 0 aromatic rings. The zero-order valence-electron chi connectivity index (χ0n) is 6.99. The molecule has 0 spiro atoms. The summed E-state index contributed by atoms with van der Waals surface area (Å²) in [5.41, 5.74) is 0. The number of ether oxygens (including phenoxy) is 2. The molecular formula is C8H12O4. The molecule has 1 atom stereocenters. The number of rotatable bonds is 6. The number of esters is 1. The molecule has 0 saturated heterocycles. The fraction of sp³-hybridized carbons (Fsp3) is 0.500. The lowest BCUT2D eigenvalue weighted by Gasteiger charge is -2.09. The van der Waals surface area contributed by atoms with Gasteiger partial charge in [0, 0.05) is 6.08 Å². The Labute approximate surface area is 71.2 Å². The standard InChI is InChI=1S/C8H12O4/c1-3-8(10)12-6-7(2)11-5-4-9/h3-4,7H,1,5-6H2,2H3. The van der Waals surface area contributed by atoms with Gasteiger partial charge in [-0.1, -0.05) is 6.58 Å². The topological polar surface area (TPSA) is 52.6 Å². The molecule has 0 heterocycles. The highest BCUT2D eigenvalue weighted by atomic mass is 16.6. The lowest BCUT2D eigenvalue weighted by molar-refractivity contribution is -0.141. The quantitative estimate of drug-likeness (QED) is 0.329. The van der Waals surface area contributed by atoms with Crippen LogP contribution in [0.1, 0.15) is 6.92 Å². The summed E-state index contributed by atoms with van der Waals surface area (Å²) in [4.78, 5) is 20.4. The number of aldehydes is 1. The molecule has 0 aliphatic carbocycles. The first-order valence-electron chi connectivity index (χ1n) is 3.55. The van der Waals surface area contributed by atoms with E-state index >= 15 is 0 Å². The summed E-state index contributed by atoms with van der Waals surface area (Å²) < 4.78 is 9.56. The van der Waals surface area contributed by atoms with Crippen molar-refractivity contribution in [2.45, 2.75) is 13.0 Å². The largest absolute Gasteiger partial charge is 0.460 e. The summed E-state index contributed by atoms with van der Waals surface area (Å²) in [6.07, 6.45) is 1.46. The summed E-state index contributed by atoms with van der Waals surface area (Å²) in [5, 5.41) is 0. The molecule has 68 valence electrons. The second-order valence-electron chi connectivity index (χ2n) is 2.14. The first-order valence-corrected chi connectivity index (χ1v) is 3.55. The monoisotopic (exact) mass is 172 g/mol. The van der Waals surface area contributed by atoms with Crippen LogP contribution in [0.3, 0.4) is 0 Å². The maximum absolute atomic E-state index is 10.5. The lowest BCUT2D eigenvalue weighted by atomic mass is 10.4. The average Bonchev–Trinajstić information content (AvgIpc) is 2.10. The summed E-state index contributed by atoms with van der Waals surface area (Å²) in [6.45, 7) is 5.10. The Morgan fingerprint density at radius 3 is 2.83 bits per heavy atom. The van der Waals surface area contributed by atoms with E-state index in [2.05, 4.69) is 11.3 Å². The average molecular weight is 172 g/mol. The smallest absolute Gasteiger partial charge is 0.330 e. The van der Waals surface area contributed by atoms with Crippen molar-refractivity contribution >= 4 is 12.3 Å². The maximum Gasteiger partial charge on any atom is 0.330 e. The van der Waals surface area contributed by atoms with E-state index in [9.17, 15) is 9.59 Å². The van der Waals surface area contributed by atoms with Crippen LogP contribution in [0.15, 0.2) is 12.7 Å². The van der Waals surface area contributed by atoms with Gasteiger partial charge in [0.2, 0.25) is 0 Å². The predicted molar refractivity (Wildman–Crippen MR) is 42.6 cm³/mol. The van der Waals surface area contributed by atoms with Gasteiger partial charge in [-0.25, -0.2) is 4.79 Å². The van der Waals surface area contributed by atoms with E-state index in [-0.39, 0.29) is 19.3 Å². The highest BCUT2D eigenvalue weighted by Gasteiger charge is 2.03. The molecule has 4 heteroatoms. The SMILES string of the molecule is C=CC(=O)OCC(C)OCC=O. The van der Waals surface area contributed by atoms with Gasteiger partial charge in [-0.05, 0) is 6.92 Å². The van der Waals surface area contributed by atoms with Crippen LogP contribution in [-0.4, -0.2) is 31.6 Å². The normalized spacial score (nSPS) is 11.8. The first kappa shape index (κ1) is 10.8. The molecule has 0 rings (SSSR count). The maximum atomic E-state index is 10.5. The fourth-order valence-electron chi connectivity index (χ4n) is 0.510. The predicted octanol–water partition coefficient (Wildman–Crippen LogP) is 0.320. The highest BCUT2D eigenvalue weighted by molar-refractivity contribution is 5.81. The van der Waals surface area contributed by atoms with Gasteiger partial charge in [-0.3, -0.25) is 0 Å². The molecule has 0 fully saturated rings. The Balaban J connectivity index is 3.42. The molecule has 0 N–H and O–H groups in total. The van der Waals surface area contributed by atoms with Gasteiger partial charge in [-0.15, -0.1) is 0 Å². The Kier molecular flexibility index (Phi) is 5.91. The number of carbonyl (C=O) groups excluding carboxylic acids is 2. The van der Waals surface area contributed by atoms with Crippen LogP contribution in [-0.2, 0) is 19.1 Å². The van der Waals surface area contributed by atoms with Crippen LogP contribution in [0.5, 0.6) is 0 Å². The van der Waals surface area contributed by atoms with Crippen LogP contribution in [0.25, 0.3) is 0 Å². The van der Waals surface area contributed by atoms with Crippen LogP contribution >= 0.6 is 0 Å². The van der Waals surface area contributed by atoms with Crippen molar-refractivity contribution in [3.63, 3.8) is 0 Å². The van der Waals surface area contributed by atoms with Gasteiger partial charge in [0.25, 0.3) is 0 Å². The van der Waals surface area contributed by atoms with E-state index < -0.39 is 5.97 Å². The fourth-order valence-corrected chi connectivity index (χ4v) is 0.510. The molecule has 0 aromatic carbocycles. The molecule has 4 nitrogen and oxygen atoms in total. The van der Waals surface area contributed by atoms with Crippen molar-refractivity contribution in [3.8, 4) is 0 Å². The molecule has 0 aliphatic heterocycles. The summed E-state index contributed by atoms with van der Waals surface area (Å²) in [7, 11) is 0. The molecular weight excluding hydrogens is 160 g/mol. The van der Waals surface area contributed by atoms with E-state index in [1.54, 1.807) is 6.92 Å². The summed E-state index contributed by atoms with van der Waals surface area (Å²) in [5.74, 6) is -0.489. The van der Waals surface area contributed by atoms with Crippen molar-refractivity contribution in [2.75, 3.05) is 13.2 Å². The summed E-state index contributed by atoms with van der Waals surface area (Å²) in [6, 6.07) is 0. The van der Waals surface area contributed by atoms with E-state index in [0.717, 1.165) is 6.08 Å². The van der Waals surface area contributed by atoms with Gasteiger partial charge < -0.3 is 14.3 Å². The zero-order chi connectivity index (χ0) is 9.40. The van der Waals surface area contributed by atoms with Gasteiger partial charge in [0.15, 0.2) is 0 Å². The molecule has 0 aromatic heterocycles. The van der Waals surface area contributed by atoms with Crippen LogP contribution < -0.4 is 0 Å². The number of hydrogen-bond donors (Lipinski definition) is 0. The minimum absolute atomic E-state index is 0.0206. The Hall–Kier alpha value is -1.16. The second-order valence-corrected chi connectivity index (χ2v) is 2.14. The van der Waals surface area contributed by atoms with E-state index in [0.29, 0.717) is 6.29 Å². The lowest BCUT2D eigenvalue weighted by Crippen LogP contribution is -2.18. The van der Waals surface area contributed by atoms with Crippen molar-refractivity contribution < 1.29 is 19.1 Å². The Morgan fingerprint density at radius 1 is 1.67 bits per heavy atom. The molecule has 0 aliphatic rings. The van der Waals surface area contributed by atoms with Gasteiger partial charge in [0.05, 0.1) is 6.10 Å². The van der Waals surface area contributed by atoms with Gasteiger partial charge >= 0.3 is 5.97 Å². The first-order chi connectivity index (χ1) is 5.70. The van der Waals surface area contributed by atoms with Gasteiger partial charge in [0.1, 0.15) is 19.5 Å². The van der Waals surface area contributed by atoms with E-state index in [1.165, 1.54) is 0 Å². The molecule has 12 heavy (non-hydrogen) atoms. The van der Waals surface area contributed by atoms with Crippen molar-refractivity contribution in [2.24, 2.45) is 0 Å². The van der Waals surface area contributed by atoms with Crippen LogP contribution in [0, 0.1) is 0 Å². The second kappa shape index (κ2) is 6.54. The molecule has 0 radical (unpaired) electrons. The highest BCUT2D eigenvalue weighted by Crippen LogP contribution is 1.91. The van der Waals surface area contributed by atoms with E-state index in [4.69, 9.17) is 4.74 Å². The number of hydrogen-bond acceptors (Lipinski definition) is 4. The minimum Gasteiger partial charge on any atom is -0.460 e. The molecule has 1 unspecified atom stereocenters.